The first kappa shape index (κ1) is 14.0. The lowest BCUT2D eigenvalue weighted by atomic mass is 10.3. The van der Waals surface area contributed by atoms with E-state index in [0.29, 0.717) is 11.6 Å². The van der Waals surface area contributed by atoms with Crippen molar-refractivity contribution in [1.82, 2.24) is 9.97 Å². The number of methoxy groups -OCH3 is 1. The van der Waals surface area contributed by atoms with Crippen LogP contribution >= 0.6 is 11.6 Å². The maximum atomic E-state index is 10.7. The summed E-state index contributed by atoms with van der Waals surface area (Å²) in [7, 11) is 1.39. The maximum absolute atomic E-state index is 10.7. The molecule has 0 aliphatic heterocycles. The topological polar surface area (TPSA) is 87.4 Å². The van der Waals surface area contributed by atoms with Gasteiger partial charge in [0.1, 0.15) is 11.0 Å². The van der Waals surface area contributed by atoms with E-state index in [1.54, 1.807) is 6.92 Å². The molecule has 0 bridgehead atoms. The van der Waals surface area contributed by atoms with Gasteiger partial charge in [0.25, 0.3) is 5.69 Å². The highest BCUT2D eigenvalue weighted by Gasteiger charge is 2.14. The smallest absolute Gasteiger partial charge is 0.273 e. The monoisotopic (exact) mass is 295 g/mol. The molecular formula is C12H10ClN3O4. The van der Waals surface area contributed by atoms with Gasteiger partial charge in [-0.2, -0.15) is 4.98 Å². The number of halogens is 1. The lowest BCUT2D eigenvalue weighted by molar-refractivity contribution is -0.384. The second-order valence-corrected chi connectivity index (χ2v) is 4.16. The van der Waals surface area contributed by atoms with Gasteiger partial charge in [-0.05, 0) is 13.0 Å². The van der Waals surface area contributed by atoms with Crippen molar-refractivity contribution in [1.29, 1.82) is 0 Å². The Morgan fingerprint density at radius 1 is 1.25 bits per heavy atom. The first-order valence-corrected chi connectivity index (χ1v) is 5.89. The second kappa shape index (κ2) is 5.70. The molecule has 20 heavy (non-hydrogen) atoms. The van der Waals surface area contributed by atoms with E-state index >= 15 is 0 Å². The van der Waals surface area contributed by atoms with Crippen molar-refractivity contribution in [2.45, 2.75) is 6.92 Å². The van der Waals surface area contributed by atoms with Crippen molar-refractivity contribution in [3.8, 4) is 17.4 Å². The molecule has 0 aliphatic carbocycles. The maximum Gasteiger partial charge on any atom is 0.273 e. The zero-order valence-electron chi connectivity index (χ0n) is 10.7. The van der Waals surface area contributed by atoms with E-state index in [2.05, 4.69) is 9.97 Å². The van der Waals surface area contributed by atoms with Crippen LogP contribution in [0.4, 0.5) is 5.69 Å². The Morgan fingerprint density at radius 2 is 2.00 bits per heavy atom. The van der Waals surface area contributed by atoms with E-state index < -0.39 is 4.92 Å². The van der Waals surface area contributed by atoms with Gasteiger partial charge in [-0.1, -0.05) is 11.6 Å². The number of aromatic nitrogens is 2. The minimum absolute atomic E-state index is 0.0916. The number of hydrogen-bond acceptors (Lipinski definition) is 6. The Morgan fingerprint density at radius 3 is 2.60 bits per heavy atom. The molecule has 2 aromatic rings. The van der Waals surface area contributed by atoms with Crippen molar-refractivity contribution in [3.05, 3.63) is 45.4 Å². The molecule has 0 radical (unpaired) electrons. The van der Waals surface area contributed by atoms with Crippen molar-refractivity contribution < 1.29 is 14.4 Å². The molecule has 7 nitrogen and oxygen atoms in total. The first-order chi connectivity index (χ1) is 9.49. The molecule has 0 saturated carbocycles. The molecule has 1 heterocycles. The highest BCUT2D eigenvalue weighted by molar-refractivity contribution is 6.29. The average molecular weight is 296 g/mol. The van der Waals surface area contributed by atoms with Crippen LogP contribution < -0.4 is 9.47 Å². The molecule has 8 heteroatoms. The van der Waals surface area contributed by atoms with Gasteiger partial charge in [0.05, 0.1) is 18.1 Å². The molecule has 0 spiro atoms. The van der Waals surface area contributed by atoms with Crippen LogP contribution in [0.15, 0.2) is 24.3 Å². The SMILES string of the molecule is COc1cc([N+](=O)[O-])ccc1Oc1cc(Cl)nc(C)n1. The molecule has 0 saturated heterocycles. The fraction of sp³-hybridized carbons (Fsp3) is 0.167. The Bertz CT molecular complexity index is 643. The molecule has 1 aromatic heterocycles. The standard InChI is InChI=1S/C12H10ClN3O4/c1-7-14-11(13)6-12(15-7)20-9-4-3-8(16(17)18)5-10(9)19-2/h3-6H,1-2H3. The summed E-state index contributed by atoms with van der Waals surface area (Å²) in [5.74, 6) is 1.21. The van der Waals surface area contributed by atoms with E-state index in [1.165, 1.54) is 31.4 Å². The second-order valence-electron chi connectivity index (χ2n) is 3.77. The summed E-state index contributed by atoms with van der Waals surface area (Å²) in [5.41, 5.74) is -0.0916. The highest BCUT2D eigenvalue weighted by atomic mass is 35.5. The zero-order valence-corrected chi connectivity index (χ0v) is 11.4. The van der Waals surface area contributed by atoms with Gasteiger partial charge in [-0.3, -0.25) is 10.1 Å². The average Bonchev–Trinajstić information content (AvgIpc) is 2.37. The summed E-state index contributed by atoms with van der Waals surface area (Å²) >= 11 is 5.81. The van der Waals surface area contributed by atoms with Crippen molar-refractivity contribution in [2.75, 3.05) is 7.11 Å². The van der Waals surface area contributed by atoms with Crippen molar-refractivity contribution >= 4 is 17.3 Å². The molecule has 0 aliphatic rings. The summed E-state index contributed by atoms with van der Waals surface area (Å²) in [5, 5.41) is 10.9. The third kappa shape index (κ3) is 3.12. The molecular weight excluding hydrogens is 286 g/mol. The minimum atomic E-state index is -0.516. The number of nitro benzene ring substituents is 1. The molecule has 0 amide bonds. The van der Waals surface area contributed by atoms with Crippen LogP contribution in [0.25, 0.3) is 0 Å². The van der Waals surface area contributed by atoms with E-state index in [1.807, 2.05) is 0 Å². The fourth-order valence-corrected chi connectivity index (χ4v) is 1.74. The number of rotatable bonds is 4. The van der Waals surface area contributed by atoms with Crippen LogP contribution in [0.2, 0.25) is 5.15 Å². The van der Waals surface area contributed by atoms with Crippen LogP contribution in [-0.4, -0.2) is 22.0 Å². The number of ether oxygens (including phenoxy) is 2. The van der Waals surface area contributed by atoms with Crippen LogP contribution in [0.3, 0.4) is 0 Å². The van der Waals surface area contributed by atoms with Crippen LogP contribution in [-0.2, 0) is 0 Å². The zero-order chi connectivity index (χ0) is 14.7. The molecule has 2 rings (SSSR count). The van der Waals surface area contributed by atoms with Gasteiger partial charge in [0, 0.05) is 12.1 Å². The van der Waals surface area contributed by atoms with Gasteiger partial charge in [0.2, 0.25) is 5.88 Å². The summed E-state index contributed by atoms with van der Waals surface area (Å²) in [4.78, 5) is 18.1. The normalized spacial score (nSPS) is 10.2. The van der Waals surface area contributed by atoms with Gasteiger partial charge >= 0.3 is 0 Å². The quantitative estimate of drug-likeness (QED) is 0.489. The Kier molecular flexibility index (Phi) is 3.99. The minimum Gasteiger partial charge on any atom is -0.493 e. The predicted molar refractivity (Wildman–Crippen MR) is 71.5 cm³/mol. The van der Waals surface area contributed by atoms with Crippen LogP contribution in [0.5, 0.6) is 17.4 Å². The Labute approximate surface area is 119 Å². The highest BCUT2D eigenvalue weighted by Crippen LogP contribution is 2.34. The Balaban J connectivity index is 2.35. The molecule has 1 aromatic carbocycles. The molecule has 0 unspecified atom stereocenters. The van der Waals surface area contributed by atoms with Gasteiger partial charge in [-0.15, -0.1) is 0 Å². The number of hydrogen-bond donors (Lipinski definition) is 0. The molecule has 0 fully saturated rings. The number of aryl methyl sites for hydroxylation is 1. The summed E-state index contributed by atoms with van der Waals surface area (Å²) in [6.07, 6.45) is 0. The molecule has 0 atom stereocenters. The van der Waals surface area contributed by atoms with E-state index in [0.717, 1.165) is 0 Å². The lowest BCUT2D eigenvalue weighted by Crippen LogP contribution is -1.96. The van der Waals surface area contributed by atoms with E-state index in [-0.39, 0.29) is 22.5 Å². The van der Waals surface area contributed by atoms with E-state index in [9.17, 15) is 10.1 Å². The van der Waals surface area contributed by atoms with Crippen LogP contribution in [0.1, 0.15) is 5.82 Å². The van der Waals surface area contributed by atoms with Gasteiger partial charge in [0.15, 0.2) is 11.5 Å². The van der Waals surface area contributed by atoms with Gasteiger partial charge in [-0.25, -0.2) is 4.98 Å². The Hall–Kier alpha value is -2.41. The number of benzene rings is 1. The summed E-state index contributed by atoms with van der Waals surface area (Å²) in [6, 6.07) is 5.45. The third-order valence-corrected chi connectivity index (χ3v) is 2.55. The summed E-state index contributed by atoms with van der Waals surface area (Å²) in [6.45, 7) is 1.67. The number of non-ortho nitro benzene ring substituents is 1. The summed E-state index contributed by atoms with van der Waals surface area (Å²) < 4.78 is 10.6. The number of nitro groups is 1. The first-order valence-electron chi connectivity index (χ1n) is 5.51. The largest absolute Gasteiger partial charge is 0.493 e. The van der Waals surface area contributed by atoms with Crippen molar-refractivity contribution in [2.24, 2.45) is 0 Å². The third-order valence-electron chi connectivity index (χ3n) is 2.36. The lowest BCUT2D eigenvalue weighted by Gasteiger charge is -2.09. The van der Waals surface area contributed by atoms with E-state index in [4.69, 9.17) is 21.1 Å². The molecule has 104 valence electrons. The predicted octanol–water partition coefficient (Wildman–Crippen LogP) is 3.15. The van der Waals surface area contributed by atoms with Gasteiger partial charge < -0.3 is 9.47 Å². The van der Waals surface area contributed by atoms with Crippen LogP contribution in [0, 0.1) is 17.0 Å². The fourth-order valence-electron chi connectivity index (χ4n) is 1.52. The molecule has 0 N–H and O–H groups in total. The number of nitrogens with zero attached hydrogens (tertiary/aromatic N) is 3. The van der Waals surface area contributed by atoms with Crippen molar-refractivity contribution in [3.63, 3.8) is 0 Å².